The Morgan fingerprint density at radius 1 is 1.03 bits per heavy atom. The van der Waals surface area contributed by atoms with Gasteiger partial charge in [-0.3, -0.25) is 9.59 Å². The topological polar surface area (TPSA) is 85.1 Å². The van der Waals surface area contributed by atoms with Gasteiger partial charge in [-0.05, 0) is 54.2 Å². The molecule has 0 amide bonds. The van der Waals surface area contributed by atoms with Gasteiger partial charge in [-0.15, -0.1) is 11.3 Å². The van der Waals surface area contributed by atoms with Crippen LogP contribution in [0.3, 0.4) is 0 Å². The maximum Gasteiger partial charge on any atom is 0.294 e. The fourth-order valence-electron chi connectivity index (χ4n) is 4.14. The van der Waals surface area contributed by atoms with Crippen LogP contribution in [0.25, 0.3) is 21.5 Å². The molecule has 0 fully saturated rings. The Hall–Kier alpha value is -3.39. The zero-order valence-electron chi connectivity index (χ0n) is 21.6. The summed E-state index contributed by atoms with van der Waals surface area (Å²) in [6, 6.07) is 9.24. The molecule has 0 aliphatic rings. The minimum atomic E-state index is -0.459. The highest BCUT2D eigenvalue weighted by Gasteiger charge is 2.28. The molecule has 0 saturated carbocycles. The number of benzene rings is 2. The smallest absolute Gasteiger partial charge is 0.294 e. The molecule has 0 atom stereocenters. The summed E-state index contributed by atoms with van der Waals surface area (Å²) in [5, 5.41) is 16.2. The number of aromatic hydroxyl groups is 1. The van der Waals surface area contributed by atoms with E-state index in [1.807, 2.05) is 41.5 Å². The average molecular weight is 508 g/mol. The Morgan fingerprint density at radius 3 is 2.11 bits per heavy atom. The summed E-state index contributed by atoms with van der Waals surface area (Å²) in [4.78, 5) is 31.2. The lowest BCUT2D eigenvalue weighted by Gasteiger charge is -2.28. The summed E-state index contributed by atoms with van der Waals surface area (Å²) in [5.41, 5.74) is 1.79. The minimum absolute atomic E-state index is 0.180. The Kier molecular flexibility index (Phi) is 6.37. The maximum atomic E-state index is 13.5. The second-order valence-electron chi connectivity index (χ2n) is 11.1. The second kappa shape index (κ2) is 8.92. The molecule has 188 valence electrons. The molecule has 1 N–H and O–H groups in total. The van der Waals surface area contributed by atoms with Crippen LogP contribution >= 0.6 is 11.3 Å². The summed E-state index contributed by atoms with van der Waals surface area (Å²) in [6.45, 7) is 13.4. The quantitative estimate of drug-likeness (QED) is 0.335. The molecule has 36 heavy (non-hydrogen) atoms. The molecular formula is C28H30FN3O3S. The fraction of sp³-hybridized carbons (Fsp3) is 0.357. The number of carbonyl (C=O) groups is 1. The predicted octanol–water partition coefficient (Wildman–Crippen LogP) is 6.15. The van der Waals surface area contributed by atoms with Crippen LogP contribution in [0.4, 0.5) is 4.39 Å². The number of halogens is 1. The lowest BCUT2D eigenvalue weighted by Crippen LogP contribution is -2.28. The van der Waals surface area contributed by atoms with E-state index in [9.17, 15) is 19.1 Å². The molecule has 6 nitrogen and oxygen atoms in total. The van der Waals surface area contributed by atoms with E-state index in [1.54, 1.807) is 31.2 Å². The van der Waals surface area contributed by atoms with E-state index in [4.69, 9.17) is 0 Å². The van der Waals surface area contributed by atoms with Crippen molar-refractivity contribution in [3.05, 3.63) is 74.3 Å². The fourth-order valence-corrected chi connectivity index (χ4v) is 5.05. The zero-order chi connectivity index (χ0) is 26.6. The first kappa shape index (κ1) is 25.7. The Morgan fingerprint density at radius 2 is 1.58 bits per heavy atom. The number of rotatable bonds is 4. The number of Topliss-reactive ketones (excluding diaryl/α,β-unsaturated/α-hetero) is 1. The SMILES string of the molecule is Cc1nc2c(=O)n(CC(=O)c3cc(C(C)(C)C)c(O)c(C(C)(C)C)c3)nc(-c3ccc(F)cc3)c2s1. The summed E-state index contributed by atoms with van der Waals surface area (Å²) < 4.78 is 15.3. The zero-order valence-corrected chi connectivity index (χ0v) is 22.4. The van der Waals surface area contributed by atoms with Gasteiger partial charge in [0.2, 0.25) is 0 Å². The van der Waals surface area contributed by atoms with Crippen LogP contribution in [-0.4, -0.2) is 25.7 Å². The number of hydrogen-bond acceptors (Lipinski definition) is 6. The van der Waals surface area contributed by atoms with Crippen molar-refractivity contribution in [1.82, 2.24) is 14.8 Å². The van der Waals surface area contributed by atoms with E-state index in [2.05, 4.69) is 10.1 Å². The minimum Gasteiger partial charge on any atom is -0.507 e. The highest BCUT2D eigenvalue weighted by Crippen LogP contribution is 2.40. The van der Waals surface area contributed by atoms with Gasteiger partial charge in [0.1, 0.15) is 23.8 Å². The van der Waals surface area contributed by atoms with Crippen molar-refractivity contribution in [2.45, 2.75) is 65.8 Å². The molecule has 0 saturated heterocycles. The molecule has 4 rings (SSSR count). The number of nitrogens with zero attached hydrogens (tertiary/aromatic N) is 3. The van der Waals surface area contributed by atoms with E-state index >= 15 is 0 Å². The lowest BCUT2D eigenvalue weighted by atomic mass is 9.78. The highest BCUT2D eigenvalue weighted by molar-refractivity contribution is 7.19. The first-order chi connectivity index (χ1) is 16.7. The van der Waals surface area contributed by atoms with Crippen molar-refractivity contribution in [1.29, 1.82) is 0 Å². The van der Waals surface area contributed by atoms with Crippen LogP contribution in [0.2, 0.25) is 0 Å². The number of phenols is 1. The first-order valence-electron chi connectivity index (χ1n) is 11.7. The Labute approximate surface area is 213 Å². The van der Waals surface area contributed by atoms with Crippen molar-refractivity contribution in [3.8, 4) is 17.0 Å². The molecule has 0 unspecified atom stereocenters. The molecule has 0 spiro atoms. The van der Waals surface area contributed by atoms with Crippen LogP contribution in [0, 0.1) is 12.7 Å². The molecule has 0 bridgehead atoms. The number of ketones is 1. The van der Waals surface area contributed by atoms with Crippen LogP contribution < -0.4 is 5.56 Å². The summed E-state index contributed by atoms with van der Waals surface area (Å²) >= 11 is 1.33. The van der Waals surface area contributed by atoms with Crippen molar-refractivity contribution >= 4 is 27.3 Å². The number of aromatic nitrogens is 3. The summed E-state index contributed by atoms with van der Waals surface area (Å²) in [6.07, 6.45) is 0. The molecule has 4 aromatic rings. The molecular weight excluding hydrogens is 477 g/mol. The Balaban J connectivity index is 1.85. The van der Waals surface area contributed by atoms with Crippen molar-refractivity contribution < 1.29 is 14.3 Å². The summed E-state index contributed by atoms with van der Waals surface area (Å²) in [7, 11) is 0. The maximum absolute atomic E-state index is 13.5. The van der Waals surface area contributed by atoms with Crippen LogP contribution in [-0.2, 0) is 17.4 Å². The summed E-state index contributed by atoms with van der Waals surface area (Å²) in [5.74, 6) is -0.507. The third-order valence-electron chi connectivity index (χ3n) is 6.07. The van der Waals surface area contributed by atoms with Crippen LogP contribution in [0.15, 0.2) is 41.2 Å². The predicted molar refractivity (Wildman–Crippen MR) is 142 cm³/mol. The van der Waals surface area contributed by atoms with Gasteiger partial charge in [-0.2, -0.15) is 5.10 Å². The number of hydrogen-bond donors (Lipinski definition) is 1. The normalized spacial score (nSPS) is 12.3. The van der Waals surface area contributed by atoms with Gasteiger partial charge in [-0.25, -0.2) is 14.1 Å². The van der Waals surface area contributed by atoms with Crippen molar-refractivity contribution in [2.75, 3.05) is 0 Å². The molecule has 0 aliphatic carbocycles. The van der Waals surface area contributed by atoms with Gasteiger partial charge < -0.3 is 5.11 Å². The van der Waals surface area contributed by atoms with Crippen molar-refractivity contribution in [2.24, 2.45) is 0 Å². The van der Waals surface area contributed by atoms with E-state index in [0.29, 0.717) is 37.7 Å². The monoisotopic (exact) mass is 507 g/mol. The number of thiazole rings is 1. The van der Waals surface area contributed by atoms with Gasteiger partial charge >= 0.3 is 0 Å². The molecule has 2 heterocycles. The Bertz CT molecular complexity index is 1500. The van der Waals surface area contributed by atoms with E-state index in [0.717, 1.165) is 4.68 Å². The molecule has 0 aliphatic heterocycles. The number of phenolic OH excluding ortho intramolecular Hbond substituents is 1. The molecule has 8 heteroatoms. The average Bonchev–Trinajstić information content (AvgIpc) is 3.16. The lowest BCUT2D eigenvalue weighted by molar-refractivity contribution is 0.0966. The number of fused-ring (bicyclic) bond motifs is 1. The third kappa shape index (κ3) is 4.82. The standard InChI is InChI=1S/C28H30FN3O3S/c1-15-30-23-25(36-15)22(16-8-10-18(29)11-9-16)31-32(26(23)35)14-21(33)17-12-19(27(2,3)4)24(34)20(13-17)28(5,6)7/h8-13,34H,14H2,1-7H3. The van der Waals surface area contributed by atoms with Gasteiger partial charge in [0.25, 0.3) is 5.56 Å². The first-order valence-corrected chi connectivity index (χ1v) is 12.5. The van der Waals surface area contributed by atoms with Gasteiger partial charge in [0, 0.05) is 22.3 Å². The molecule has 0 radical (unpaired) electrons. The van der Waals surface area contributed by atoms with E-state index < -0.39 is 16.4 Å². The number of carbonyl (C=O) groups excluding carboxylic acids is 1. The van der Waals surface area contributed by atoms with E-state index in [1.165, 1.54) is 23.5 Å². The van der Waals surface area contributed by atoms with Gasteiger partial charge in [0.15, 0.2) is 11.3 Å². The van der Waals surface area contributed by atoms with Gasteiger partial charge in [-0.1, -0.05) is 41.5 Å². The molecule has 2 aromatic carbocycles. The number of aryl methyl sites for hydroxylation is 1. The molecule has 2 aromatic heterocycles. The third-order valence-corrected chi connectivity index (χ3v) is 7.04. The second-order valence-corrected chi connectivity index (χ2v) is 12.3. The van der Waals surface area contributed by atoms with Gasteiger partial charge in [0.05, 0.1) is 9.71 Å². The van der Waals surface area contributed by atoms with E-state index in [-0.39, 0.29) is 29.4 Å². The highest BCUT2D eigenvalue weighted by atomic mass is 32.1. The largest absolute Gasteiger partial charge is 0.507 e. The van der Waals surface area contributed by atoms with Crippen LogP contribution in [0.1, 0.15) is 68.0 Å². The van der Waals surface area contributed by atoms with Crippen LogP contribution in [0.5, 0.6) is 5.75 Å². The van der Waals surface area contributed by atoms with Crippen molar-refractivity contribution in [3.63, 3.8) is 0 Å².